The molecule has 1 nitrogen and oxygen atoms in total. The molecular weight excluding hydrogens is 232 g/mol. The van der Waals surface area contributed by atoms with Gasteiger partial charge in [-0.2, -0.15) is 0 Å². The number of phenols is 1. The number of phenolic OH excluding ortho intramolecular Hbond substituents is 1. The lowest BCUT2D eigenvalue weighted by Gasteiger charge is -2.40. The average molecular weight is 256 g/mol. The van der Waals surface area contributed by atoms with E-state index in [9.17, 15) is 5.11 Å². The van der Waals surface area contributed by atoms with Gasteiger partial charge in [-0.05, 0) is 73.1 Å². The Morgan fingerprint density at radius 3 is 2.79 bits per heavy atom. The van der Waals surface area contributed by atoms with Crippen LogP contribution in [0.3, 0.4) is 0 Å². The monoisotopic (exact) mass is 256 g/mol. The van der Waals surface area contributed by atoms with Crippen LogP contribution in [0.15, 0.2) is 17.7 Å². The summed E-state index contributed by atoms with van der Waals surface area (Å²) in [6.07, 6.45) is 8.66. The Morgan fingerprint density at radius 1 is 1.21 bits per heavy atom. The Bertz CT molecular complexity index is 537. The standard InChI is InChI=1S/C18H24O/c1-12-9-13-6-7-16-14(5-4-8-18(16,2)3)10-15(13)11-17(12)19/h9-11,16,19H,4-8H2,1-3H3/t16-/m0/s1. The molecule has 0 radical (unpaired) electrons. The maximum atomic E-state index is 9.94. The average Bonchev–Trinajstić information content (AvgIpc) is 2.50. The number of fused-ring (bicyclic) bond motifs is 2. The number of hydrogen-bond donors (Lipinski definition) is 1. The van der Waals surface area contributed by atoms with Crippen LogP contribution in [-0.4, -0.2) is 5.11 Å². The van der Waals surface area contributed by atoms with E-state index in [0.29, 0.717) is 11.2 Å². The van der Waals surface area contributed by atoms with Crippen molar-refractivity contribution in [1.29, 1.82) is 0 Å². The highest BCUT2D eigenvalue weighted by atomic mass is 16.3. The summed E-state index contributed by atoms with van der Waals surface area (Å²) in [5.41, 5.74) is 5.70. The van der Waals surface area contributed by atoms with E-state index in [0.717, 1.165) is 17.9 Å². The third-order valence-electron chi connectivity index (χ3n) is 5.18. The summed E-state index contributed by atoms with van der Waals surface area (Å²) in [4.78, 5) is 0. The van der Waals surface area contributed by atoms with E-state index in [4.69, 9.17) is 0 Å². The largest absolute Gasteiger partial charge is 0.508 e. The fourth-order valence-corrected chi connectivity index (χ4v) is 3.97. The second kappa shape index (κ2) is 4.40. The molecule has 0 saturated heterocycles. The summed E-state index contributed by atoms with van der Waals surface area (Å²) in [6.45, 7) is 6.83. The summed E-state index contributed by atoms with van der Waals surface area (Å²) in [5.74, 6) is 1.15. The number of hydrogen-bond acceptors (Lipinski definition) is 1. The zero-order chi connectivity index (χ0) is 13.6. The fraction of sp³-hybridized carbons (Fsp3) is 0.556. The third-order valence-corrected chi connectivity index (χ3v) is 5.18. The minimum Gasteiger partial charge on any atom is -0.508 e. The molecule has 1 atom stereocenters. The van der Waals surface area contributed by atoms with Crippen LogP contribution in [0, 0.1) is 18.3 Å². The van der Waals surface area contributed by atoms with Crippen LogP contribution in [0.4, 0.5) is 0 Å². The SMILES string of the molecule is Cc1cc2c(cc1O)C=C1CCCC(C)(C)[C@H]1CC2. The summed E-state index contributed by atoms with van der Waals surface area (Å²) < 4.78 is 0. The predicted octanol–water partition coefficient (Wildman–Crippen LogP) is 4.86. The van der Waals surface area contributed by atoms with Crippen molar-refractivity contribution in [2.75, 3.05) is 0 Å². The Morgan fingerprint density at radius 2 is 2.00 bits per heavy atom. The van der Waals surface area contributed by atoms with E-state index < -0.39 is 0 Å². The van der Waals surface area contributed by atoms with E-state index in [1.54, 1.807) is 5.57 Å². The molecular formula is C18H24O. The van der Waals surface area contributed by atoms with Crippen LogP contribution in [0.5, 0.6) is 5.75 Å². The Kier molecular flexibility index (Phi) is 2.96. The van der Waals surface area contributed by atoms with E-state index in [-0.39, 0.29) is 0 Å². The molecule has 0 aromatic heterocycles. The van der Waals surface area contributed by atoms with Gasteiger partial charge in [0, 0.05) is 0 Å². The molecule has 1 heteroatoms. The molecule has 2 aliphatic rings. The number of benzene rings is 1. The molecule has 1 aromatic rings. The molecule has 1 fully saturated rings. The van der Waals surface area contributed by atoms with Gasteiger partial charge in [0.05, 0.1) is 0 Å². The first-order valence-corrected chi connectivity index (χ1v) is 7.50. The molecule has 0 unspecified atom stereocenters. The fourth-order valence-electron chi connectivity index (χ4n) is 3.97. The highest BCUT2D eigenvalue weighted by Crippen LogP contribution is 2.48. The van der Waals surface area contributed by atoms with Crippen LogP contribution in [0.25, 0.3) is 6.08 Å². The van der Waals surface area contributed by atoms with Gasteiger partial charge in [0.15, 0.2) is 0 Å². The Labute approximate surface area is 116 Å². The molecule has 1 aromatic carbocycles. The van der Waals surface area contributed by atoms with Crippen molar-refractivity contribution >= 4 is 6.08 Å². The number of aromatic hydroxyl groups is 1. The molecule has 3 rings (SSSR count). The predicted molar refractivity (Wildman–Crippen MR) is 80.3 cm³/mol. The van der Waals surface area contributed by atoms with Crippen LogP contribution >= 0.6 is 0 Å². The second-order valence-electron chi connectivity index (χ2n) is 6.99. The van der Waals surface area contributed by atoms with Gasteiger partial charge in [0.1, 0.15) is 5.75 Å². The smallest absolute Gasteiger partial charge is 0.119 e. The molecule has 19 heavy (non-hydrogen) atoms. The number of rotatable bonds is 0. The van der Waals surface area contributed by atoms with Gasteiger partial charge in [-0.15, -0.1) is 0 Å². The third kappa shape index (κ3) is 2.20. The molecule has 0 amide bonds. The zero-order valence-corrected chi connectivity index (χ0v) is 12.3. The normalized spacial score (nSPS) is 25.0. The van der Waals surface area contributed by atoms with Crippen LogP contribution in [0.1, 0.15) is 56.2 Å². The van der Waals surface area contributed by atoms with Gasteiger partial charge in [0.2, 0.25) is 0 Å². The highest BCUT2D eigenvalue weighted by Gasteiger charge is 2.36. The lowest BCUT2D eigenvalue weighted by Crippen LogP contribution is -2.29. The maximum Gasteiger partial charge on any atom is 0.119 e. The molecule has 0 heterocycles. The summed E-state index contributed by atoms with van der Waals surface area (Å²) in [6, 6.07) is 4.13. The Hall–Kier alpha value is -1.24. The van der Waals surface area contributed by atoms with Gasteiger partial charge in [0.25, 0.3) is 0 Å². The van der Waals surface area contributed by atoms with Gasteiger partial charge in [-0.3, -0.25) is 0 Å². The van der Waals surface area contributed by atoms with E-state index in [1.807, 2.05) is 13.0 Å². The van der Waals surface area contributed by atoms with Gasteiger partial charge < -0.3 is 5.11 Å². The van der Waals surface area contributed by atoms with Crippen molar-refractivity contribution in [2.45, 2.75) is 52.9 Å². The summed E-state index contributed by atoms with van der Waals surface area (Å²) in [7, 11) is 0. The lowest BCUT2D eigenvalue weighted by molar-refractivity contribution is 0.182. The summed E-state index contributed by atoms with van der Waals surface area (Å²) >= 11 is 0. The number of allylic oxidation sites excluding steroid dienone is 1. The van der Waals surface area contributed by atoms with Crippen molar-refractivity contribution < 1.29 is 5.11 Å². The summed E-state index contributed by atoms with van der Waals surface area (Å²) in [5, 5.41) is 9.94. The topological polar surface area (TPSA) is 20.2 Å². The first-order valence-electron chi connectivity index (χ1n) is 7.50. The minimum atomic E-state index is 0.434. The van der Waals surface area contributed by atoms with Gasteiger partial charge in [-0.1, -0.05) is 31.6 Å². The highest BCUT2D eigenvalue weighted by molar-refractivity contribution is 5.62. The van der Waals surface area contributed by atoms with Crippen LogP contribution < -0.4 is 0 Å². The van der Waals surface area contributed by atoms with Crippen molar-refractivity contribution in [3.05, 3.63) is 34.4 Å². The molecule has 102 valence electrons. The number of aryl methyl sites for hydroxylation is 2. The van der Waals surface area contributed by atoms with Crippen LogP contribution in [-0.2, 0) is 6.42 Å². The van der Waals surface area contributed by atoms with Crippen molar-refractivity contribution in [1.82, 2.24) is 0 Å². The minimum absolute atomic E-state index is 0.434. The van der Waals surface area contributed by atoms with E-state index in [2.05, 4.69) is 26.0 Å². The van der Waals surface area contributed by atoms with Gasteiger partial charge >= 0.3 is 0 Å². The van der Waals surface area contributed by atoms with Gasteiger partial charge in [-0.25, -0.2) is 0 Å². The van der Waals surface area contributed by atoms with E-state index >= 15 is 0 Å². The van der Waals surface area contributed by atoms with Crippen molar-refractivity contribution in [3.63, 3.8) is 0 Å². The van der Waals surface area contributed by atoms with Crippen molar-refractivity contribution in [2.24, 2.45) is 11.3 Å². The lowest BCUT2D eigenvalue weighted by atomic mass is 9.65. The maximum absolute atomic E-state index is 9.94. The van der Waals surface area contributed by atoms with E-state index in [1.165, 1.54) is 36.8 Å². The molecule has 0 aliphatic heterocycles. The zero-order valence-electron chi connectivity index (χ0n) is 12.3. The first kappa shape index (κ1) is 12.8. The molecule has 0 bridgehead atoms. The Balaban J connectivity index is 2.06. The second-order valence-corrected chi connectivity index (χ2v) is 6.99. The van der Waals surface area contributed by atoms with Crippen LogP contribution in [0.2, 0.25) is 0 Å². The molecule has 1 N–H and O–H groups in total. The molecule has 0 spiro atoms. The van der Waals surface area contributed by atoms with Crippen molar-refractivity contribution in [3.8, 4) is 5.75 Å². The molecule has 1 saturated carbocycles. The first-order chi connectivity index (χ1) is 8.97. The molecule has 2 aliphatic carbocycles. The quantitative estimate of drug-likeness (QED) is 0.703.